The molecule has 2 aliphatic rings. The van der Waals surface area contributed by atoms with Crippen LogP contribution in [0, 0.1) is 0 Å². The quantitative estimate of drug-likeness (QED) is 0.764. The van der Waals surface area contributed by atoms with Crippen molar-refractivity contribution in [1.29, 1.82) is 0 Å². The van der Waals surface area contributed by atoms with Crippen molar-refractivity contribution in [2.45, 2.75) is 45.3 Å². The Morgan fingerprint density at radius 3 is 2.32 bits per heavy atom. The molecular weight excluding hydrogens is 390 g/mol. The van der Waals surface area contributed by atoms with Crippen molar-refractivity contribution >= 4 is 6.03 Å². The average Bonchev–Trinajstić information content (AvgIpc) is 2.82. The molecule has 0 aliphatic carbocycles. The smallest absolute Gasteiger partial charge is 0.317 e. The highest BCUT2D eigenvalue weighted by atomic mass is 16.5. The Kier molecular flexibility index (Phi) is 6.97. The number of hydrogen-bond acceptors (Lipinski definition) is 4. The van der Waals surface area contributed by atoms with Crippen molar-refractivity contribution in [3.63, 3.8) is 0 Å². The minimum Gasteiger partial charge on any atom is -0.493 e. The summed E-state index contributed by atoms with van der Waals surface area (Å²) in [6, 6.07) is 12.5. The van der Waals surface area contributed by atoms with Gasteiger partial charge in [0.2, 0.25) is 0 Å². The van der Waals surface area contributed by atoms with E-state index >= 15 is 0 Å². The van der Waals surface area contributed by atoms with E-state index in [0.717, 1.165) is 24.3 Å². The Morgan fingerprint density at radius 2 is 1.61 bits per heavy atom. The molecule has 2 amide bonds. The van der Waals surface area contributed by atoms with Crippen LogP contribution in [-0.2, 0) is 26.1 Å². The molecule has 2 aromatic rings. The van der Waals surface area contributed by atoms with E-state index in [1.54, 1.807) is 14.2 Å². The number of carbonyl (C=O) groups is 1. The fourth-order valence-corrected chi connectivity index (χ4v) is 4.58. The van der Waals surface area contributed by atoms with Gasteiger partial charge in [0.25, 0.3) is 0 Å². The summed E-state index contributed by atoms with van der Waals surface area (Å²) in [6.45, 7) is 5.13. The second-order valence-electron chi connectivity index (χ2n) is 8.41. The maximum absolute atomic E-state index is 12.9. The van der Waals surface area contributed by atoms with Gasteiger partial charge < -0.3 is 19.7 Å². The number of amides is 2. The highest BCUT2D eigenvalue weighted by Gasteiger charge is 2.23. The molecule has 0 spiro atoms. The number of ether oxygens (including phenoxy) is 2. The molecule has 31 heavy (non-hydrogen) atoms. The lowest BCUT2D eigenvalue weighted by Gasteiger charge is -2.30. The van der Waals surface area contributed by atoms with Gasteiger partial charge in [0.05, 0.1) is 14.2 Å². The van der Waals surface area contributed by atoms with E-state index < -0.39 is 0 Å². The zero-order chi connectivity index (χ0) is 21.6. The third kappa shape index (κ3) is 5.13. The predicted molar refractivity (Wildman–Crippen MR) is 121 cm³/mol. The van der Waals surface area contributed by atoms with Gasteiger partial charge in [-0.15, -0.1) is 0 Å². The molecular formula is C25H33N3O3. The molecule has 2 aromatic carbocycles. The second kappa shape index (κ2) is 10.1. The Hall–Kier alpha value is -2.73. The standard InChI is InChI=1S/C25H33N3O3/c1-30-23-14-19-10-13-28(18-22(19)15-24(23)31-2)25(29)26-16-20-8-4-5-9-21(20)17-27-11-6-3-7-12-27/h4-5,8-9,14-15H,3,6-7,10-13,16-18H2,1-2H3,(H,26,29). The highest BCUT2D eigenvalue weighted by molar-refractivity contribution is 5.74. The van der Waals surface area contributed by atoms with E-state index in [9.17, 15) is 4.79 Å². The van der Waals surface area contributed by atoms with Crippen molar-refractivity contribution in [1.82, 2.24) is 15.1 Å². The first-order valence-electron chi connectivity index (χ1n) is 11.2. The first-order valence-corrected chi connectivity index (χ1v) is 11.2. The number of rotatable bonds is 6. The minimum atomic E-state index is -0.0202. The first-order chi connectivity index (χ1) is 15.2. The van der Waals surface area contributed by atoms with E-state index in [4.69, 9.17) is 9.47 Å². The first kappa shape index (κ1) is 21.5. The summed E-state index contributed by atoms with van der Waals surface area (Å²) < 4.78 is 10.8. The molecule has 6 nitrogen and oxygen atoms in total. The van der Waals surface area contributed by atoms with Crippen LogP contribution in [-0.4, -0.2) is 49.7 Å². The largest absolute Gasteiger partial charge is 0.493 e. The number of fused-ring (bicyclic) bond motifs is 1. The monoisotopic (exact) mass is 423 g/mol. The van der Waals surface area contributed by atoms with E-state index in [1.807, 2.05) is 17.0 Å². The Balaban J connectivity index is 1.38. The van der Waals surface area contributed by atoms with Crippen LogP contribution in [0.25, 0.3) is 0 Å². The number of nitrogens with one attached hydrogen (secondary N) is 1. The zero-order valence-corrected chi connectivity index (χ0v) is 18.7. The van der Waals surface area contributed by atoms with Gasteiger partial charge in [-0.25, -0.2) is 4.79 Å². The molecule has 0 aromatic heterocycles. The molecule has 0 saturated carbocycles. The molecule has 0 atom stereocenters. The fraction of sp³-hybridized carbons (Fsp3) is 0.480. The van der Waals surface area contributed by atoms with Crippen LogP contribution in [0.2, 0.25) is 0 Å². The molecule has 4 rings (SSSR count). The molecule has 0 bridgehead atoms. The third-order valence-electron chi connectivity index (χ3n) is 6.40. The number of piperidine rings is 1. The lowest BCUT2D eigenvalue weighted by atomic mass is 9.99. The van der Waals surface area contributed by atoms with E-state index in [-0.39, 0.29) is 6.03 Å². The van der Waals surface area contributed by atoms with Gasteiger partial charge >= 0.3 is 6.03 Å². The van der Waals surface area contributed by atoms with E-state index in [0.29, 0.717) is 25.4 Å². The molecule has 1 N–H and O–H groups in total. The minimum absolute atomic E-state index is 0.0202. The number of methoxy groups -OCH3 is 2. The third-order valence-corrected chi connectivity index (χ3v) is 6.40. The van der Waals surface area contributed by atoms with Crippen LogP contribution in [0.1, 0.15) is 41.5 Å². The second-order valence-corrected chi connectivity index (χ2v) is 8.41. The normalized spacial score (nSPS) is 16.5. The number of carbonyl (C=O) groups excluding carboxylic acids is 1. The summed E-state index contributed by atoms with van der Waals surface area (Å²) in [5, 5.41) is 3.14. The van der Waals surface area contributed by atoms with E-state index in [1.165, 1.54) is 49.0 Å². The van der Waals surface area contributed by atoms with Gasteiger partial charge in [-0.2, -0.15) is 0 Å². The fourth-order valence-electron chi connectivity index (χ4n) is 4.58. The number of likely N-dealkylation sites (tertiary alicyclic amines) is 1. The maximum atomic E-state index is 12.9. The number of nitrogens with zero attached hydrogens (tertiary/aromatic N) is 2. The summed E-state index contributed by atoms with van der Waals surface area (Å²) >= 11 is 0. The number of benzene rings is 2. The summed E-state index contributed by atoms with van der Waals surface area (Å²) in [5.41, 5.74) is 4.84. The van der Waals surface area contributed by atoms with Gasteiger partial charge in [0, 0.05) is 26.2 Å². The SMILES string of the molecule is COc1cc2c(cc1OC)CN(C(=O)NCc1ccccc1CN1CCCCC1)CC2. The van der Waals surface area contributed by atoms with Crippen LogP contribution < -0.4 is 14.8 Å². The van der Waals surface area contributed by atoms with Crippen LogP contribution in [0.15, 0.2) is 36.4 Å². The van der Waals surface area contributed by atoms with Crippen LogP contribution >= 0.6 is 0 Å². The molecule has 2 heterocycles. The van der Waals surface area contributed by atoms with Gasteiger partial charge in [-0.1, -0.05) is 30.7 Å². The summed E-state index contributed by atoms with van der Waals surface area (Å²) in [4.78, 5) is 17.3. The predicted octanol–water partition coefficient (Wildman–Crippen LogP) is 3.96. The van der Waals surface area contributed by atoms with Crippen LogP contribution in [0.4, 0.5) is 4.79 Å². The van der Waals surface area contributed by atoms with Gasteiger partial charge in [0.1, 0.15) is 0 Å². The lowest BCUT2D eigenvalue weighted by molar-refractivity contribution is 0.191. The van der Waals surface area contributed by atoms with Gasteiger partial charge in [0.15, 0.2) is 11.5 Å². The van der Waals surface area contributed by atoms with Gasteiger partial charge in [-0.05, 0) is 66.7 Å². The number of urea groups is 1. The Bertz CT molecular complexity index is 909. The Morgan fingerprint density at radius 1 is 0.935 bits per heavy atom. The Labute approximate surface area is 185 Å². The van der Waals surface area contributed by atoms with Gasteiger partial charge in [-0.3, -0.25) is 4.90 Å². The lowest BCUT2D eigenvalue weighted by Crippen LogP contribution is -2.42. The molecule has 1 fully saturated rings. The zero-order valence-electron chi connectivity index (χ0n) is 18.7. The highest BCUT2D eigenvalue weighted by Crippen LogP contribution is 2.33. The maximum Gasteiger partial charge on any atom is 0.317 e. The van der Waals surface area contributed by atoms with Crippen molar-refractivity contribution < 1.29 is 14.3 Å². The molecule has 0 radical (unpaired) electrons. The van der Waals surface area contributed by atoms with Crippen molar-refractivity contribution in [3.05, 3.63) is 58.7 Å². The average molecular weight is 424 g/mol. The molecule has 166 valence electrons. The van der Waals surface area contributed by atoms with Crippen LogP contribution in [0.5, 0.6) is 11.5 Å². The molecule has 0 unspecified atom stereocenters. The molecule has 6 heteroatoms. The van der Waals surface area contributed by atoms with Crippen molar-refractivity contribution in [3.8, 4) is 11.5 Å². The van der Waals surface area contributed by atoms with E-state index in [2.05, 4.69) is 34.5 Å². The summed E-state index contributed by atoms with van der Waals surface area (Å²) in [6.07, 6.45) is 4.72. The van der Waals surface area contributed by atoms with Crippen molar-refractivity contribution in [2.24, 2.45) is 0 Å². The molecule has 1 saturated heterocycles. The summed E-state index contributed by atoms with van der Waals surface area (Å²) in [5.74, 6) is 1.44. The number of hydrogen-bond donors (Lipinski definition) is 1. The van der Waals surface area contributed by atoms with Crippen LogP contribution in [0.3, 0.4) is 0 Å². The topological polar surface area (TPSA) is 54.0 Å². The molecule has 2 aliphatic heterocycles. The summed E-state index contributed by atoms with van der Waals surface area (Å²) in [7, 11) is 3.29. The van der Waals surface area contributed by atoms with Crippen molar-refractivity contribution in [2.75, 3.05) is 33.9 Å².